The van der Waals surface area contributed by atoms with Gasteiger partial charge in [-0.2, -0.15) is 0 Å². The number of hydrogen-bond acceptors (Lipinski definition) is 4. The fourth-order valence-electron chi connectivity index (χ4n) is 7.25. The van der Waals surface area contributed by atoms with E-state index in [4.69, 9.17) is 9.47 Å². The van der Waals surface area contributed by atoms with Gasteiger partial charge in [0, 0.05) is 31.2 Å². The topological polar surface area (TPSA) is 60.7 Å². The number of aliphatic hydroxyl groups excluding tert-OH is 1. The van der Waals surface area contributed by atoms with E-state index in [0.717, 1.165) is 35.1 Å². The van der Waals surface area contributed by atoms with Gasteiger partial charge in [-0.05, 0) is 24.1 Å². The SMILES string of the molecule is C/C=C1/C[N@@+]2(C)[C@H]3C[C@@H]1[C@@](CO)(C(=O)OC)[C@@H]2Cc1c3n(C)c2c(OC)cccc12. The lowest BCUT2D eigenvalue weighted by Gasteiger charge is -2.66. The Hall–Kier alpha value is -2.31. The molecule has 0 amide bonds. The number of ether oxygens (including phenoxy) is 2. The maximum Gasteiger partial charge on any atom is 0.320 e. The number of piperidine rings is 3. The molecule has 6 rings (SSSR count). The fourth-order valence-corrected chi connectivity index (χ4v) is 7.25. The van der Waals surface area contributed by atoms with Gasteiger partial charge in [-0.1, -0.05) is 18.2 Å². The molecule has 5 atom stereocenters. The number of carbonyl (C=O) groups is 1. The molecule has 6 heteroatoms. The van der Waals surface area contributed by atoms with E-state index >= 15 is 0 Å². The molecule has 4 bridgehead atoms. The van der Waals surface area contributed by atoms with E-state index in [2.05, 4.69) is 30.8 Å². The summed E-state index contributed by atoms with van der Waals surface area (Å²) in [4.78, 5) is 13.3. The number of carbonyl (C=O) groups excluding carboxylic acids is 1. The van der Waals surface area contributed by atoms with Crippen LogP contribution in [-0.2, 0) is 23.0 Å². The van der Waals surface area contributed by atoms with Gasteiger partial charge in [0.05, 0.1) is 39.1 Å². The third-order valence-corrected chi connectivity index (χ3v) is 8.53. The van der Waals surface area contributed by atoms with Crippen LogP contribution in [0.15, 0.2) is 29.8 Å². The van der Waals surface area contributed by atoms with Crippen LogP contribution >= 0.6 is 0 Å². The summed E-state index contributed by atoms with van der Waals surface area (Å²) in [6.07, 6.45) is 3.73. The van der Waals surface area contributed by atoms with Gasteiger partial charge in [0.15, 0.2) is 0 Å². The highest BCUT2D eigenvalue weighted by atomic mass is 16.5. The monoisotopic (exact) mass is 411 g/mol. The molecule has 1 N–H and O–H groups in total. The number of aromatic nitrogens is 1. The summed E-state index contributed by atoms with van der Waals surface area (Å²) in [5.41, 5.74) is 4.12. The molecule has 0 spiro atoms. The number of para-hydroxylation sites is 1. The van der Waals surface area contributed by atoms with E-state index in [1.807, 2.05) is 19.1 Å². The van der Waals surface area contributed by atoms with Gasteiger partial charge >= 0.3 is 5.97 Å². The first-order chi connectivity index (χ1) is 14.4. The third kappa shape index (κ3) is 2.04. The molecule has 30 heavy (non-hydrogen) atoms. The lowest BCUT2D eigenvalue weighted by Crippen LogP contribution is -2.77. The first-order valence-electron chi connectivity index (χ1n) is 10.7. The molecule has 2 aromatic rings. The molecule has 160 valence electrons. The molecular formula is C24H31N2O4+. The Morgan fingerprint density at radius 3 is 2.80 bits per heavy atom. The van der Waals surface area contributed by atoms with Crippen molar-refractivity contribution in [1.82, 2.24) is 4.57 Å². The van der Waals surface area contributed by atoms with Crippen LogP contribution in [0.4, 0.5) is 0 Å². The molecule has 4 aliphatic heterocycles. The number of benzene rings is 1. The zero-order chi connectivity index (χ0) is 21.4. The number of aryl methyl sites for hydroxylation is 1. The largest absolute Gasteiger partial charge is 0.495 e. The molecule has 1 aromatic carbocycles. The number of rotatable bonds is 3. The smallest absolute Gasteiger partial charge is 0.320 e. The molecule has 4 aliphatic rings. The first-order valence-corrected chi connectivity index (χ1v) is 10.7. The van der Waals surface area contributed by atoms with Crippen molar-refractivity contribution in [3.63, 3.8) is 0 Å². The lowest BCUT2D eigenvalue weighted by molar-refractivity contribution is -0.981. The maximum atomic E-state index is 13.3. The zero-order valence-corrected chi connectivity index (χ0v) is 18.4. The van der Waals surface area contributed by atoms with Gasteiger partial charge in [-0.15, -0.1) is 0 Å². The predicted octanol–water partition coefficient (Wildman–Crippen LogP) is 2.73. The molecule has 1 aromatic heterocycles. The van der Waals surface area contributed by atoms with Gasteiger partial charge in [-0.25, -0.2) is 0 Å². The second kappa shape index (κ2) is 6.34. The van der Waals surface area contributed by atoms with Crippen molar-refractivity contribution in [3.05, 3.63) is 41.1 Å². The zero-order valence-electron chi connectivity index (χ0n) is 18.4. The number of nitrogens with zero attached hydrogens (tertiary/aromatic N) is 2. The fraction of sp³-hybridized carbons (Fsp3) is 0.542. The molecule has 0 saturated carbocycles. The lowest BCUT2D eigenvalue weighted by atomic mass is 9.54. The minimum Gasteiger partial charge on any atom is -0.495 e. The number of aliphatic hydroxyl groups is 1. The number of fused-ring (bicyclic) bond motifs is 4. The van der Waals surface area contributed by atoms with Crippen LogP contribution in [-0.4, -0.2) is 60.6 Å². The third-order valence-electron chi connectivity index (χ3n) is 8.53. The van der Waals surface area contributed by atoms with Crippen LogP contribution in [0.2, 0.25) is 0 Å². The van der Waals surface area contributed by atoms with Crippen LogP contribution < -0.4 is 4.74 Å². The van der Waals surface area contributed by atoms with E-state index in [1.165, 1.54) is 29.3 Å². The normalized spacial score (nSPS) is 35.5. The van der Waals surface area contributed by atoms with Gasteiger partial charge in [0.2, 0.25) is 0 Å². The highest BCUT2D eigenvalue weighted by Crippen LogP contribution is 2.63. The molecular weight excluding hydrogens is 380 g/mol. The van der Waals surface area contributed by atoms with Crippen LogP contribution in [0.1, 0.15) is 30.6 Å². The van der Waals surface area contributed by atoms with E-state index in [1.54, 1.807) is 7.11 Å². The van der Waals surface area contributed by atoms with Crippen molar-refractivity contribution < 1.29 is 23.9 Å². The van der Waals surface area contributed by atoms with Crippen LogP contribution in [0, 0.1) is 11.3 Å². The van der Waals surface area contributed by atoms with Crippen molar-refractivity contribution >= 4 is 16.9 Å². The van der Waals surface area contributed by atoms with E-state index in [0.29, 0.717) is 0 Å². The highest BCUT2D eigenvalue weighted by Gasteiger charge is 2.72. The minimum atomic E-state index is -0.904. The van der Waals surface area contributed by atoms with Gasteiger partial charge in [0.1, 0.15) is 29.8 Å². The number of likely N-dealkylation sites (N-methyl/N-ethyl adjacent to an activating group) is 1. The Morgan fingerprint density at radius 1 is 1.40 bits per heavy atom. The second-order valence-electron chi connectivity index (χ2n) is 9.36. The van der Waals surface area contributed by atoms with Crippen LogP contribution in [0.25, 0.3) is 10.9 Å². The average molecular weight is 412 g/mol. The van der Waals surface area contributed by atoms with Crippen LogP contribution in [0.5, 0.6) is 5.75 Å². The Kier molecular flexibility index (Phi) is 4.15. The van der Waals surface area contributed by atoms with Crippen molar-refractivity contribution in [3.8, 4) is 5.75 Å². The Balaban J connectivity index is 1.81. The summed E-state index contributed by atoms with van der Waals surface area (Å²) < 4.78 is 14.1. The number of quaternary nitrogens is 1. The van der Waals surface area contributed by atoms with E-state index in [-0.39, 0.29) is 30.6 Å². The van der Waals surface area contributed by atoms with Gasteiger partial charge < -0.3 is 23.6 Å². The molecule has 0 unspecified atom stereocenters. The first kappa shape index (κ1) is 19.6. The molecule has 3 fully saturated rings. The minimum absolute atomic E-state index is 0.00274. The average Bonchev–Trinajstić information content (AvgIpc) is 3.04. The quantitative estimate of drug-likeness (QED) is 0.479. The van der Waals surface area contributed by atoms with Crippen molar-refractivity contribution in [1.29, 1.82) is 0 Å². The van der Waals surface area contributed by atoms with E-state index < -0.39 is 5.41 Å². The van der Waals surface area contributed by atoms with Crippen molar-refractivity contribution in [2.45, 2.75) is 31.8 Å². The molecule has 3 saturated heterocycles. The van der Waals surface area contributed by atoms with Crippen molar-refractivity contribution in [2.24, 2.45) is 18.4 Å². The Bertz CT molecular complexity index is 1090. The predicted molar refractivity (Wildman–Crippen MR) is 114 cm³/mol. The Morgan fingerprint density at radius 2 is 2.17 bits per heavy atom. The van der Waals surface area contributed by atoms with Gasteiger partial charge in [-0.3, -0.25) is 4.79 Å². The van der Waals surface area contributed by atoms with Gasteiger partial charge in [0.25, 0.3) is 0 Å². The molecule has 5 heterocycles. The summed E-state index contributed by atoms with van der Waals surface area (Å²) in [6, 6.07) is 6.45. The van der Waals surface area contributed by atoms with Crippen molar-refractivity contribution in [2.75, 3.05) is 34.4 Å². The number of methoxy groups -OCH3 is 2. The molecule has 0 aliphatic carbocycles. The highest BCUT2D eigenvalue weighted by molar-refractivity contribution is 5.91. The summed E-state index contributed by atoms with van der Waals surface area (Å²) >= 11 is 0. The second-order valence-corrected chi connectivity index (χ2v) is 9.36. The standard InChI is InChI=1S/C24H31N2O4/c1-6-14-12-26(3)18-11-17(14)24(13-27,23(28)30-5)20(26)10-16-15-8-7-9-19(29-4)22(15)25(2)21(16)18/h6-9,17-18,20,27H,10-13H2,1-5H3/q+1/b14-6-/t17-,18-,20-,24+,26-/m0/s1. The summed E-state index contributed by atoms with van der Waals surface area (Å²) in [7, 11) is 7.56. The summed E-state index contributed by atoms with van der Waals surface area (Å²) in [6.45, 7) is 2.77. The number of allylic oxidation sites excluding steroid dienone is 1. The molecule has 0 radical (unpaired) electrons. The summed E-state index contributed by atoms with van der Waals surface area (Å²) in [5.74, 6) is 0.600. The maximum absolute atomic E-state index is 13.3. The Labute approximate surface area is 177 Å². The van der Waals surface area contributed by atoms with E-state index in [9.17, 15) is 9.90 Å². The molecule has 6 nitrogen and oxygen atoms in total. The summed E-state index contributed by atoms with van der Waals surface area (Å²) in [5, 5.41) is 11.9. The van der Waals surface area contributed by atoms with Crippen LogP contribution in [0.3, 0.4) is 0 Å². The number of esters is 1. The number of hydrogen-bond donors (Lipinski definition) is 1.